The summed E-state index contributed by atoms with van der Waals surface area (Å²) in [6, 6.07) is -2.38. The minimum Gasteiger partial charge on any atom is -0.386 e. The van der Waals surface area contributed by atoms with E-state index in [9.17, 15) is 47.9 Å². The number of rotatable bonds is 45. The second kappa shape index (κ2) is 78.8. The smallest absolute Gasteiger partial charge is 0.185 e. The maximum absolute atomic E-state index is 11.3. The van der Waals surface area contributed by atoms with Gasteiger partial charge in [-0.15, -0.1) is 0 Å². The number of carbonyl (C=O) groups is 10. The highest BCUT2D eigenvalue weighted by molar-refractivity contribution is 5.88. The third-order valence-electron chi connectivity index (χ3n) is 16.0. The van der Waals surface area contributed by atoms with Gasteiger partial charge in [-0.25, -0.2) is 0 Å². The van der Waals surface area contributed by atoms with Crippen LogP contribution in [0.5, 0.6) is 0 Å². The number of hydrogen-bond acceptors (Lipinski definition) is 28. The summed E-state index contributed by atoms with van der Waals surface area (Å²) >= 11 is 0. The van der Waals surface area contributed by atoms with Crippen molar-refractivity contribution in [2.75, 3.05) is 58.9 Å². The molecule has 0 aliphatic rings. The maximum Gasteiger partial charge on any atom is 0.185 e. The number of hydrogen-bond donors (Lipinski definition) is 19. The van der Waals surface area contributed by atoms with Crippen LogP contribution in [0.2, 0.25) is 0 Å². The monoisotopic (exact) mass is 1590 g/mol. The first-order valence-electron chi connectivity index (χ1n) is 39.4. The number of Topliss-reactive ketones (excluding diaryl/α,β-unsaturated/α-hetero) is 10. The molecule has 10 atom stereocenters. The molecule has 35 N–H and O–H groups in total. The maximum atomic E-state index is 11.3. The molecule has 0 aromatic heterocycles. The highest BCUT2D eigenvalue weighted by Crippen LogP contribution is 2.12. The van der Waals surface area contributed by atoms with Crippen molar-refractivity contribution >= 4 is 63.8 Å². The number of carbonyl (C=O) groups excluding carboxylic acids is 10. The Labute approximate surface area is 675 Å². The summed E-state index contributed by atoms with van der Waals surface area (Å²) in [4.78, 5) is 116. The summed E-state index contributed by atoms with van der Waals surface area (Å²) in [6.07, 6.45) is 7.27. The van der Waals surface area contributed by atoms with E-state index in [0.717, 1.165) is 38.5 Å². The normalized spacial score (nSPS) is 13.1. The van der Waals surface area contributed by atoms with Gasteiger partial charge in [-0.3, -0.25) is 52.9 Å². The second-order valence-electron chi connectivity index (χ2n) is 30.7. The quantitative estimate of drug-likeness (QED) is 0.0284. The Kier molecular flexibility index (Phi) is 90.9. The molecule has 0 rings (SSSR count). The van der Waals surface area contributed by atoms with Crippen molar-refractivity contribution in [3.63, 3.8) is 0 Å². The SMILES string of the molecule is C.C=C(N)NCC[C@@H](N)C(=O)C(C)C.C=C(N)NC[C@@H](N)C(=O)C(C)C.C=C(N)NC[C@H](N)C(=O)C(C)C.CC(C)C(=O)[C@@H](C)CCN.CC(C)C(=O)[C@@H](C)CN.CC(C)C(=O)[C@@H](N)CCCN.CC(C)C(=O)[C@@H](N)CCN=C(N)N.CC(C)C(=O)[C@H](C)CCN.CC(C)C(=O)[C@H](C)CN.CCCC[C@@H](N)C(=O)C(C)C. The van der Waals surface area contributed by atoms with E-state index in [2.05, 4.69) is 47.6 Å². The molecule has 660 valence electrons. The van der Waals surface area contributed by atoms with Gasteiger partial charge in [0, 0.05) is 122 Å². The minimum absolute atomic E-state index is 0. The molecular weight excluding hydrogens is 1410 g/mol. The standard InChI is InChI=1S/C9H19N3O.C9H19NO.C8H18N4O.2C8H17N3O.C8H18N2O.2C8H17NO.2C7H15NO.CH4/c1-6(2)9(13)8(11)4-5-12-7(3)10;1-4-5-6-8(10)9(11)7(2)3;1-5(2)7(13)6(9)3-4-12-8(10)11;2*1-5(2)8(12)7(10)4-11-6(3)9;1-6(2)8(11)7(10)4-3-5-9;2*1-6(2)8(10)7(3)4-5-9;2*1-5(2)7(9)6(3)4-8;/h6,8,12H,3-5,10-11H2,1-2H3;7-8H,4-6,10H2,1-3H3;5-6H,3-4,9H2,1-2H3,(H4,10,11,12);2*5,7,11H,3-4,9-10H2,1-2H3;6-7H,3-5,9-10H2,1-2H3;2*6-7H,4-5,9H2,1-3H3;2*5-6H,4,8H2,1-3H3;1H4/t2*8-;6-;5*7-;2*6-;/m1101001010./s1. The molecule has 0 radical (unpaired) electrons. The van der Waals surface area contributed by atoms with Crippen molar-refractivity contribution in [1.82, 2.24) is 16.0 Å². The Balaban J connectivity index is -0.000000111. The first kappa shape index (κ1) is 128. The number of unbranched alkanes of at least 4 members (excludes halogenated alkanes) is 1. The van der Waals surface area contributed by atoms with E-state index in [0.29, 0.717) is 107 Å². The van der Waals surface area contributed by atoms with Gasteiger partial charge in [-0.2, -0.15) is 0 Å². The Morgan fingerprint density at radius 3 is 0.721 bits per heavy atom. The van der Waals surface area contributed by atoms with Crippen LogP contribution in [-0.4, -0.2) is 159 Å². The van der Waals surface area contributed by atoms with Gasteiger partial charge in [-0.1, -0.05) is 213 Å². The van der Waals surface area contributed by atoms with E-state index in [4.69, 9.17) is 91.7 Å². The summed E-state index contributed by atoms with van der Waals surface area (Å²) < 4.78 is 0. The topological polar surface area (TPSA) is 635 Å². The highest BCUT2D eigenvalue weighted by atomic mass is 16.2. The average Bonchev–Trinajstić information content (AvgIpc) is 0.968. The molecule has 111 heavy (non-hydrogen) atoms. The number of nitrogens with zero attached hydrogens (tertiary/aromatic N) is 1. The van der Waals surface area contributed by atoms with E-state index in [1.807, 2.05) is 166 Å². The summed E-state index contributed by atoms with van der Waals surface area (Å²) in [5.74, 6) is 3.75. The summed E-state index contributed by atoms with van der Waals surface area (Å²) in [6.45, 7) is 61.9. The van der Waals surface area contributed by atoms with E-state index >= 15 is 0 Å². The molecule has 0 heterocycles. The molecule has 0 aromatic carbocycles. The Bertz CT molecular complexity index is 2380. The van der Waals surface area contributed by atoms with Crippen molar-refractivity contribution in [2.24, 2.45) is 180 Å². The highest BCUT2D eigenvalue weighted by Gasteiger charge is 2.22. The molecule has 0 spiro atoms. The zero-order valence-electron chi connectivity index (χ0n) is 73.7. The lowest BCUT2D eigenvalue weighted by atomic mass is 9.94. The van der Waals surface area contributed by atoms with E-state index in [1.54, 1.807) is 0 Å². The van der Waals surface area contributed by atoms with E-state index in [1.165, 1.54) is 0 Å². The number of nitrogens with one attached hydrogen (secondary N) is 3. The number of guanidine groups is 1. The molecule has 0 aliphatic carbocycles. The zero-order chi connectivity index (χ0) is 89.2. The third-order valence-corrected chi connectivity index (χ3v) is 16.0. The molecule has 0 bridgehead atoms. The number of aliphatic imine (C=N–C) groups is 1. The lowest BCUT2D eigenvalue weighted by molar-refractivity contribution is -0.126. The summed E-state index contributed by atoms with van der Waals surface area (Å²) in [5.41, 5.74) is 86.1. The van der Waals surface area contributed by atoms with Crippen LogP contribution in [0.1, 0.15) is 238 Å². The summed E-state index contributed by atoms with van der Waals surface area (Å²) in [7, 11) is 0. The van der Waals surface area contributed by atoms with Gasteiger partial charge in [0.25, 0.3) is 0 Å². The van der Waals surface area contributed by atoms with Gasteiger partial charge >= 0.3 is 0 Å². The van der Waals surface area contributed by atoms with Crippen LogP contribution in [0.25, 0.3) is 0 Å². The molecule has 0 saturated heterocycles. The average molecular weight is 1590 g/mol. The lowest BCUT2D eigenvalue weighted by Crippen LogP contribution is -2.42. The number of ketones is 10. The third kappa shape index (κ3) is 82.8. The molecule has 0 fully saturated rings. The van der Waals surface area contributed by atoms with Crippen molar-refractivity contribution in [3.05, 3.63) is 37.2 Å². The molecule has 30 heteroatoms. The largest absolute Gasteiger partial charge is 0.386 e. The molecule has 0 unspecified atom stereocenters. The van der Waals surface area contributed by atoms with E-state index < -0.39 is 24.2 Å². The van der Waals surface area contributed by atoms with Crippen LogP contribution < -0.4 is 108 Å². The molecule has 0 saturated carbocycles. The first-order chi connectivity index (χ1) is 50.3. The van der Waals surface area contributed by atoms with Gasteiger partial charge in [0.05, 0.1) is 53.7 Å². The predicted octanol–water partition coefficient (Wildman–Crippen LogP) is 4.92. The van der Waals surface area contributed by atoms with Crippen LogP contribution in [0.3, 0.4) is 0 Å². The number of nitrogens with two attached hydrogens (primary N) is 16. The lowest BCUT2D eigenvalue weighted by Gasteiger charge is -2.13. The van der Waals surface area contributed by atoms with Gasteiger partial charge in [-0.05, 0) is 64.6 Å². The fourth-order valence-electron chi connectivity index (χ4n) is 8.60. The molecule has 0 amide bonds. The van der Waals surface area contributed by atoms with Gasteiger partial charge in [0.15, 0.2) is 40.7 Å². The van der Waals surface area contributed by atoms with Crippen molar-refractivity contribution in [2.45, 2.75) is 275 Å². The molecule has 30 nitrogen and oxygen atoms in total. The minimum atomic E-state index is -0.495. The fourth-order valence-corrected chi connectivity index (χ4v) is 8.60. The Morgan fingerprint density at radius 1 is 0.297 bits per heavy atom. The van der Waals surface area contributed by atoms with Crippen LogP contribution in [0.15, 0.2) is 42.2 Å². The summed E-state index contributed by atoms with van der Waals surface area (Å²) in [5, 5.41) is 8.26. The van der Waals surface area contributed by atoms with Crippen LogP contribution in [0.4, 0.5) is 0 Å². The van der Waals surface area contributed by atoms with E-state index in [-0.39, 0.29) is 155 Å². The van der Waals surface area contributed by atoms with Crippen LogP contribution in [-0.2, 0) is 47.9 Å². The zero-order valence-corrected chi connectivity index (χ0v) is 73.7. The Morgan fingerprint density at radius 2 is 0.523 bits per heavy atom. The van der Waals surface area contributed by atoms with Crippen LogP contribution >= 0.6 is 0 Å². The van der Waals surface area contributed by atoms with Crippen molar-refractivity contribution < 1.29 is 47.9 Å². The molecule has 0 aromatic rings. The molecular formula is C81H176N20O10. The molecule has 0 aliphatic heterocycles. The van der Waals surface area contributed by atoms with Crippen LogP contribution in [0, 0.1) is 82.9 Å². The van der Waals surface area contributed by atoms with Gasteiger partial charge < -0.3 is 108 Å². The van der Waals surface area contributed by atoms with Crippen molar-refractivity contribution in [1.29, 1.82) is 0 Å². The van der Waals surface area contributed by atoms with Gasteiger partial charge in [0.1, 0.15) is 23.1 Å². The first-order valence-corrected chi connectivity index (χ1v) is 39.4. The van der Waals surface area contributed by atoms with Crippen molar-refractivity contribution in [3.8, 4) is 0 Å². The van der Waals surface area contributed by atoms with Gasteiger partial charge in [0.2, 0.25) is 0 Å². The predicted molar refractivity (Wildman–Crippen MR) is 467 cm³/mol. The fraction of sp³-hybridized carbons (Fsp3) is 0.790. The Hall–Kier alpha value is -6.45. The second-order valence-corrected chi connectivity index (χ2v) is 30.7.